The summed E-state index contributed by atoms with van der Waals surface area (Å²) in [4.78, 5) is 3.99. The molecule has 0 aliphatic carbocycles. The summed E-state index contributed by atoms with van der Waals surface area (Å²) in [5.74, 6) is -0.142. The Balaban J connectivity index is 2.31. The van der Waals surface area contributed by atoms with Crippen molar-refractivity contribution in [1.29, 1.82) is 0 Å². The van der Waals surface area contributed by atoms with Gasteiger partial charge in [0.25, 0.3) is 0 Å². The minimum absolute atomic E-state index is 0.0579. The molecule has 6 heteroatoms. The van der Waals surface area contributed by atoms with Crippen molar-refractivity contribution in [2.75, 3.05) is 11.1 Å². The minimum atomic E-state index is -0.516. The third-order valence-corrected chi connectivity index (χ3v) is 2.59. The molecule has 2 aromatic rings. The first-order valence-electron chi connectivity index (χ1n) is 4.70. The molecule has 0 aliphatic rings. The number of benzene rings is 1. The molecular formula is C11H8Cl2FN3. The lowest BCUT2D eigenvalue weighted by Gasteiger charge is -2.08. The molecule has 88 valence electrons. The number of nitrogen functional groups attached to an aromatic ring is 1. The molecule has 3 N–H and O–H groups in total. The predicted octanol–water partition coefficient (Wildman–Crippen LogP) is 3.85. The molecule has 1 aromatic heterocycles. The zero-order valence-electron chi connectivity index (χ0n) is 8.55. The standard InChI is InChI=1S/C11H8Cl2FN3/c12-7-2-1-6(5-8(7)14)16-11-9(15)3-4-10(13)17-11/h1-5H,15H2,(H,16,17). The molecule has 0 atom stereocenters. The largest absolute Gasteiger partial charge is 0.396 e. The van der Waals surface area contributed by atoms with Gasteiger partial charge < -0.3 is 11.1 Å². The average Bonchev–Trinajstić information content (AvgIpc) is 2.29. The predicted molar refractivity (Wildman–Crippen MR) is 68.4 cm³/mol. The lowest BCUT2D eigenvalue weighted by Crippen LogP contribution is -1.99. The maximum atomic E-state index is 13.2. The number of aromatic nitrogens is 1. The van der Waals surface area contributed by atoms with Crippen molar-refractivity contribution in [3.63, 3.8) is 0 Å². The quantitative estimate of drug-likeness (QED) is 0.816. The summed E-state index contributed by atoms with van der Waals surface area (Å²) < 4.78 is 13.2. The van der Waals surface area contributed by atoms with Gasteiger partial charge in [-0.25, -0.2) is 9.37 Å². The third-order valence-electron chi connectivity index (χ3n) is 2.07. The van der Waals surface area contributed by atoms with Crippen LogP contribution in [0.5, 0.6) is 0 Å². The second-order valence-electron chi connectivity index (χ2n) is 3.33. The number of anilines is 3. The fourth-order valence-electron chi connectivity index (χ4n) is 1.26. The number of halogens is 3. The van der Waals surface area contributed by atoms with E-state index in [9.17, 15) is 4.39 Å². The molecule has 17 heavy (non-hydrogen) atoms. The summed E-state index contributed by atoms with van der Waals surface area (Å²) in [5, 5.41) is 3.22. The highest BCUT2D eigenvalue weighted by Gasteiger charge is 2.05. The minimum Gasteiger partial charge on any atom is -0.396 e. The van der Waals surface area contributed by atoms with E-state index in [2.05, 4.69) is 10.3 Å². The molecular weight excluding hydrogens is 264 g/mol. The number of hydrogen-bond donors (Lipinski definition) is 2. The van der Waals surface area contributed by atoms with E-state index in [1.54, 1.807) is 18.2 Å². The number of hydrogen-bond acceptors (Lipinski definition) is 3. The van der Waals surface area contributed by atoms with Crippen LogP contribution in [0.3, 0.4) is 0 Å². The van der Waals surface area contributed by atoms with Crippen LogP contribution in [0.25, 0.3) is 0 Å². The van der Waals surface area contributed by atoms with E-state index in [1.807, 2.05) is 0 Å². The average molecular weight is 272 g/mol. The molecule has 0 saturated heterocycles. The summed E-state index contributed by atoms with van der Waals surface area (Å²) >= 11 is 11.3. The van der Waals surface area contributed by atoms with Gasteiger partial charge >= 0.3 is 0 Å². The Morgan fingerprint density at radius 1 is 1.18 bits per heavy atom. The lowest BCUT2D eigenvalue weighted by atomic mass is 10.3. The monoisotopic (exact) mass is 271 g/mol. The van der Waals surface area contributed by atoms with E-state index in [-0.39, 0.29) is 5.02 Å². The summed E-state index contributed by atoms with van der Waals surface area (Å²) in [7, 11) is 0. The smallest absolute Gasteiger partial charge is 0.155 e. The van der Waals surface area contributed by atoms with Crippen molar-refractivity contribution >= 4 is 40.4 Å². The van der Waals surface area contributed by atoms with Crippen molar-refractivity contribution in [3.8, 4) is 0 Å². The fraction of sp³-hybridized carbons (Fsp3) is 0. The Morgan fingerprint density at radius 2 is 1.94 bits per heavy atom. The molecule has 2 rings (SSSR count). The normalized spacial score (nSPS) is 10.3. The first kappa shape index (κ1) is 12.0. The molecule has 0 radical (unpaired) electrons. The van der Waals surface area contributed by atoms with Crippen LogP contribution in [-0.2, 0) is 0 Å². The molecule has 3 nitrogen and oxygen atoms in total. The highest BCUT2D eigenvalue weighted by atomic mass is 35.5. The van der Waals surface area contributed by atoms with Gasteiger partial charge in [-0.2, -0.15) is 0 Å². The van der Waals surface area contributed by atoms with Gasteiger partial charge in [-0.1, -0.05) is 23.2 Å². The van der Waals surface area contributed by atoms with Crippen molar-refractivity contribution in [3.05, 3.63) is 46.3 Å². The number of pyridine rings is 1. The maximum absolute atomic E-state index is 13.2. The van der Waals surface area contributed by atoms with Gasteiger partial charge in [0.2, 0.25) is 0 Å². The van der Waals surface area contributed by atoms with Gasteiger partial charge in [-0.3, -0.25) is 0 Å². The summed E-state index contributed by atoms with van der Waals surface area (Å²) in [6.45, 7) is 0. The van der Waals surface area contributed by atoms with Crippen molar-refractivity contribution in [1.82, 2.24) is 4.98 Å². The van der Waals surface area contributed by atoms with E-state index in [1.165, 1.54) is 12.1 Å². The third kappa shape index (κ3) is 2.78. The molecule has 0 unspecified atom stereocenters. The van der Waals surface area contributed by atoms with Crippen LogP contribution in [0.1, 0.15) is 0 Å². The van der Waals surface area contributed by atoms with Crippen molar-refractivity contribution in [2.45, 2.75) is 0 Å². The first-order valence-corrected chi connectivity index (χ1v) is 5.46. The molecule has 0 spiro atoms. The van der Waals surface area contributed by atoms with Crippen LogP contribution in [0.4, 0.5) is 21.6 Å². The van der Waals surface area contributed by atoms with Crippen LogP contribution in [-0.4, -0.2) is 4.98 Å². The molecule has 0 amide bonds. The van der Waals surface area contributed by atoms with E-state index in [0.717, 1.165) is 0 Å². The van der Waals surface area contributed by atoms with E-state index < -0.39 is 5.82 Å². The van der Waals surface area contributed by atoms with Gasteiger partial charge in [0.15, 0.2) is 5.82 Å². The second-order valence-corrected chi connectivity index (χ2v) is 4.12. The Kier molecular flexibility index (Phi) is 3.36. The van der Waals surface area contributed by atoms with E-state index >= 15 is 0 Å². The SMILES string of the molecule is Nc1ccc(Cl)nc1Nc1ccc(Cl)c(F)c1. The molecule has 1 aromatic carbocycles. The van der Waals surface area contributed by atoms with Crippen LogP contribution in [0.2, 0.25) is 10.2 Å². The van der Waals surface area contributed by atoms with E-state index in [4.69, 9.17) is 28.9 Å². The van der Waals surface area contributed by atoms with Crippen LogP contribution in [0, 0.1) is 5.82 Å². The summed E-state index contributed by atoms with van der Waals surface area (Å²) in [6.07, 6.45) is 0. The summed E-state index contributed by atoms with van der Waals surface area (Å²) in [6, 6.07) is 7.51. The number of nitrogens with zero attached hydrogens (tertiary/aromatic N) is 1. The highest BCUT2D eigenvalue weighted by Crippen LogP contribution is 2.25. The fourth-order valence-corrected chi connectivity index (χ4v) is 1.52. The van der Waals surface area contributed by atoms with Crippen LogP contribution in [0.15, 0.2) is 30.3 Å². The van der Waals surface area contributed by atoms with Crippen LogP contribution < -0.4 is 11.1 Å². The van der Waals surface area contributed by atoms with Crippen LogP contribution >= 0.6 is 23.2 Å². The molecule has 0 aliphatic heterocycles. The Bertz CT molecular complexity index is 560. The second kappa shape index (κ2) is 4.77. The number of rotatable bonds is 2. The zero-order valence-corrected chi connectivity index (χ0v) is 10.1. The van der Waals surface area contributed by atoms with Gasteiger partial charge in [0.1, 0.15) is 11.0 Å². The number of nitrogens with one attached hydrogen (secondary N) is 1. The summed E-state index contributed by atoms with van der Waals surface area (Å²) in [5.41, 5.74) is 6.62. The first-order chi connectivity index (χ1) is 8.06. The molecule has 1 heterocycles. The topological polar surface area (TPSA) is 50.9 Å². The zero-order chi connectivity index (χ0) is 12.4. The Labute approximate surface area is 107 Å². The van der Waals surface area contributed by atoms with Gasteiger partial charge in [0, 0.05) is 5.69 Å². The van der Waals surface area contributed by atoms with Gasteiger partial charge in [-0.15, -0.1) is 0 Å². The van der Waals surface area contributed by atoms with Gasteiger partial charge in [0.05, 0.1) is 10.7 Å². The van der Waals surface area contributed by atoms with Crippen molar-refractivity contribution in [2.24, 2.45) is 0 Å². The molecule has 0 fully saturated rings. The van der Waals surface area contributed by atoms with Crippen molar-refractivity contribution < 1.29 is 4.39 Å². The maximum Gasteiger partial charge on any atom is 0.155 e. The number of nitrogens with two attached hydrogens (primary N) is 1. The van der Waals surface area contributed by atoms with E-state index in [0.29, 0.717) is 22.3 Å². The Hall–Kier alpha value is -1.52. The lowest BCUT2D eigenvalue weighted by molar-refractivity contribution is 0.629. The Morgan fingerprint density at radius 3 is 2.65 bits per heavy atom. The van der Waals surface area contributed by atoms with Gasteiger partial charge in [-0.05, 0) is 30.3 Å². The molecule has 0 saturated carbocycles. The molecule has 0 bridgehead atoms. The highest BCUT2D eigenvalue weighted by molar-refractivity contribution is 6.30.